The monoisotopic (exact) mass is 493 g/mol. The summed E-state index contributed by atoms with van der Waals surface area (Å²) in [5, 5.41) is 3.55. The lowest BCUT2D eigenvalue weighted by Gasteiger charge is -2.08. The molecule has 0 aliphatic carbocycles. The van der Waals surface area contributed by atoms with Crippen molar-refractivity contribution in [3.8, 4) is 33.5 Å². The summed E-state index contributed by atoms with van der Waals surface area (Å²) in [7, 11) is 0. The first-order valence-electron chi connectivity index (χ1n) is 12.5. The second-order valence-electron chi connectivity index (χ2n) is 9.25. The zero-order valence-electron chi connectivity index (χ0n) is 20.3. The van der Waals surface area contributed by atoms with Crippen LogP contribution in [0.25, 0.3) is 64.7 Å². The maximum Gasteiger partial charge on any atom is 0.124 e. The highest BCUT2D eigenvalue weighted by atomic mass is 32.1. The van der Waals surface area contributed by atoms with E-state index in [1.54, 1.807) is 11.3 Å². The Bertz CT molecular complexity index is 1900. The average Bonchev–Trinajstić information content (AvgIpc) is 3.36. The lowest BCUT2D eigenvalue weighted by molar-refractivity contribution is 1.14. The van der Waals surface area contributed by atoms with Crippen LogP contribution in [0.4, 0.5) is 0 Å². The Balaban J connectivity index is 1.21. The third-order valence-corrected chi connectivity index (χ3v) is 8.19. The van der Waals surface area contributed by atoms with E-state index in [4.69, 9.17) is 9.97 Å². The van der Waals surface area contributed by atoms with Crippen LogP contribution in [0, 0.1) is 0 Å². The van der Waals surface area contributed by atoms with Crippen molar-refractivity contribution in [2.45, 2.75) is 13.3 Å². The fourth-order valence-electron chi connectivity index (χ4n) is 4.95. The quantitative estimate of drug-likeness (QED) is 0.246. The number of pyridine rings is 3. The minimum Gasteiger partial charge on any atom is -0.256 e. The molecule has 4 heterocycles. The van der Waals surface area contributed by atoms with E-state index in [0.29, 0.717) is 0 Å². The minimum atomic E-state index is 0.966. The normalized spacial score (nSPS) is 11.5. The third-order valence-electron chi connectivity index (χ3n) is 7.03. The summed E-state index contributed by atoms with van der Waals surface area (Å²) in [6.07, 6.45) is 6.80. The van der Waals surface area contributed by atoms with Crippen molar-refractivity contribution in [1.29, 1.82) is 0 Å². The number of rotatable bonds is 4. The summed E-state index contributed by atoms with van der Waals surface area (Å²) in [6.45, 7) is 2.18. The number of hydrogen-bond acceptors (Lipinski definition) is 4. The van der Waals surface area contributed by atoms with Crippen molar-refractivity contribution in [3.63, 3.8) is 0 Å². The smallest absolute Gasteiger partial charge is 0.124 e. The highest BCUT2D eigenvalue weighted by Gasteiger charge is 2.12. The Labute approximate surface area is 219 Å². The van der Waals surface area contributed by atoms with Gasteiger partial charge in [0.2, 0.25) is 0 Å². The fraction of sp³-hybridized carbons (Fsp3) is 0.0606. The SMILES string of the molecule is CCc1ccc(-c2ccc3cc(-c4ccc(-c5cccc6c5sc5ncccc56)nc4)cnc3c2)cc1. The van der Waals surface area contributed by atoms with Crippen molar-refractivity contribution in [3.05, 3.63) is 115 Å². The van der Waals surface area contributed by atoms with Crippen molar-refractivity contribution >= 4 is 42.5 Å². The van der Waals surface area contributed by atoms with E-state index in [1.165, 1.54) is 32.2 Å². The van der Waals surface area contributed by atoms with Crippen LogP contribution in [0.3, 0.4) is 0 Å². The number of fused-ring (bicyclic) bond motifs is 4. The molecule has 0 fully saturated rings. The molecular weight excluding hydrogens is 470 g/mol. The van der Waals surface area contributed by atoms with Crippen molar-refractivity contribution < 1.29 is 0 Å². The molecule has 176 valence electrons. The molecule has 0 aliphatic rings. The van der Waals surface area contributed by atoms with Crippen LogP contribution >= 0.6 is 11.3 Å². The average molecular weight is 494 g/mol. The fourth-order valence-corrected chi connectivity index (χ4v) is 6.12. The van der Waals surface area contributed by atoms with Gasteiger partial charge in [-0.15, -0.1) is 11.3 Å². The van der Waals surface area contributed by atoms with Gasteiger partial charge in [-0.1, -0.05) is 67.6 Å². The van der Waals surface area contributed by atoms with Crippen LogP contribution in [-0.2, 0) is 6.42 Å². The van der Waals surface area contributed by atoms with Crippen LogP contribution in [0.15, 0.2) is 110 Å². The Morgan fingerprint density at radius 3 is 2.30 bits per heavy atom. The van der Waals surface area contributed by atoms with Gasteiger partial charge in [-0.05, 0) is 53.4 Å². The Hall–Kier alpha value is -4.41. The van der Waals surface area contributed by atoms with Gasteiger partial charge in [-0.3, -0.25) is 9.97 Å². The lowest BCUT2D eigenvalue weighted by Crippen LogP contribution is -1.88. The van der Waals surface area contributed by atoms with E-state index in [-0.39, 0.29) is 0 Å². The molecule has 0 amide bonds. The van der Waals surface area contributed by atoms with Gasteiger partial charge in [0.15, 0.2) is 0 Å². The largest absolute Gasteiger partial charge is 0.256 e. The maximum atomic E-state index is 4.85. The first-order valence-corrected chi connectivity index (χ1v) is 13.3. The Morgan fingerprint density at radius 2 is 1.46 bits per heavy atom. The Morgan fingerprint density at radius 1 is 0.649 bits per heavy atom. The van der Waals surface area contributed by atoms with Crippen LogP contribution < -0.4 is 0 Å². The summed E-state index contributed by atoms with van der Waals surface area (Å²) in [5.74, 6) is 0. The molecule has 0 N–H and O–H groups in total. The first kappa shape index (κ1) is 21.8. The van der Waals surface area contributed by atoms with E-state index in [2.05, 4.69) is 96.8 Å². The number of aryl methyl sites for hydroxylation is 1. The van der Waals surface area contributed by atoms with Crippen molar-refractivity contribution in [1.82, 2.24) is 15.0 Å². The molecule has 0 saturated heterocycles. The molecule has 7 aromatic rings. The summed E-state index contributed by atoms with van der Waals surface area (Å²) in [5.41, 5.74) is 8.98. The third kappa shape index (κ3) is 3.87. The van der Waals surface area contributed by atoms with Gasteiger partial charge in [-0.25, -0.2) is 4.98 Å². The van der Waals surface area contributed by atoms with E-state index < -0.39 is 0 Å². The number of nitrogens with zero attached hydrogens (tertiary/aromatic N) is 3. The zero-order chi connectivity index (χ0) is 24.8. The first-order chi connectivity index (χ1) is 18.3. The zero-order valence-corrected chi connectivity index (χ0v) is 21.2. The van der Waals surface area contributed by atoms with Gasteiger partial charge in [0.25, 0.3) is 0 Å². The van der Waals surface area contributed by atoms with E-state index in [9.17, 15) is 0 Å². The van der Waals surface area contributed by atoms with Crippen LogP contribution in [0.1, 0.15) is 12.5 Å². The Kier molecular flexibility index (Phi) is 5.26. The molecular formula is C33H23N3S. The summed E-state index contributed by atoms with van der Waals surface area (Å²) < 4.78 is 1.23. The molecule has 4 heteroatoms. The predicted octanol–water partition coefficient (Wildman–Crippen LogP) is 8.96. The highest BCUT2D eigenvalue weighted by Crippen LogP contribution is 2.38. The lowest BCUT2D eigenvalue weighted by atomic mass is 10.0. The predicted molar refractivity (Wildman–Crippen MR) is 156 cm³/mol. The van der Waals surface area contributed by atoms with Gasteiger partial charge in [0, 0.05) is 56.1 Å². The number of hydrogen-bond donors (Lipinski definition) is 0. The molecule has 37 heavy (non-hydrogen) atoms. The van der Waals surface area contributed by atoms with E-state index >= 15 is 0 Å². The maximum absolute atomic E-state index is 4.85. The molecule has 4 aromatic heterocycles. The number of aromatic nitrogens is 3. The van der Waals surface area contributed by atoms with Gasteiger partial charge >= 0.3 is 0 Å². The summed E-state index contributed by atoms with van der Waals surface area (Å²) in [4.78, 5) is 15.3. The van der Waals surface area contributed by atoms with Gasteiger partial charge in [-0.2, -0.15) is 0 Å². The molecule has 0 aliphatic heterocycles. The van der Waals surface area contributed by atoms with Gasteiger partial charge < -0.3 is 0 Å². The molecule has 0 radical (unpaired) electrons. The second kappa shape index (κ2) is 8.91. The molecule has 0 saturated carbocycles. The molecule has 0 spiro atoms. The highest BCUT2D eigenvalue weighted by molar-refractivity contribution is 7.26. The molecule has 0 atom stereocenters. The second-order valence-corrected chi connectivity index (χ2v) is 10.3. The molecule has 0 unspecified atom stereocenters. The minimum absolute atomic E-state index is 0.966. The number of benzene rings is 3. The molecule has 3 aromatic carbocycles. The van der Waals surface area contributed by atoms with Crippen LogP contribution in [0.5, 0.6) is 0 Å². The summed E-state index contributed by atoms with van der Waals surface area (Å²) >= 11 is 1.73. The van der Waals surface area contributed by atoms with Crippen molar-refractivity contribution in [2.24, 2.45) is 0 Å². The number of thiophene rings is 1. The topological polar surface area (TPSA) is 38.7 Å². The van der Waals surface area contributed by atoms with Crippen LogP contribution in [0.2, 0.25) is 0 Å². The van der Waals surface area contributed by atoms with E-state index in [0.717, 1.165) is 44.5 Å². The van der Waals surface area contributed by atoms with Crippen LogP contribution in [-0.4, -0.2) is 15.0 Å². The van der Waals surface area contributed by atoms with Gasteiger partial charge in [0.1, 0.15) is 4.83 Å². The standard InChI is InChI=1S/C33H23N3S/c1-2-21-8-10-22(11-9-21)23-12-13-24-17-26(20-36-31(24)18-23)25-14-15-30(35-19-25)29-6-3-5-27-28-7-4-16-34-33(28)37-32(27)29/h3-20H,2H2,1H3. The molecule has 7 rings (SSSR count). The molecule has 0 bridgehead atoms. The molecule has 3 nitrogen and oxygen atoms in total. The van der Waals surface area contributed by atoms with Crippen molar-refractivity contribution in [2.75, 3.05) is 0 Å². The van der Waals surface area contributed by atoms with Gasteiger partial charge in [0.05, 0.1) is 11.2 Å². The van der Waals surface area contributed by atoms with E-state index in [1.807, 2.05) is 24.7 Å². The summed E-state index contributed by atoms with van der Waals surface area (Å²) in [6, 6.07) is 32.3.